The van der Waals surface area contributed by atoms with Crippen LogP contribution in [0.3, 0.4) is 0 Å². The summed E-state index contributed by atoms with van der Waals surface area (Å²) in [6, 6.07) is 0.322. The zero-order valence-corrected chi connectivity index (χ0v) is 10.3. The van der Waals surface area contributed by atoms with E-state index in [4.69, 9.17) is 5.11 Å². The minimum atomic E-state index is -0.689. The van der Waals surface area contributed by atoms with E-state index in [0.29, 0.717) is 12.0 Å². The van der Waals surface area contributed by atoms with Gasteiger partial charge in [-0.05, 0) is 25.8 Å². The fourth-order valence-corrected chi connectivity index (χ4v) is 2.49. The molecule has 1 aliphatic rings. The van der Waals surface area contributed by atoms with Gasteiger partial charge in [0, 0.05) is 37.8 Å². The van der Waals surface area contributed by atoms with E-state index in [-0.39, 0.29) is 6.42 Å². The average Bonchev–Trinajstić information content (AvgIpc) is 2.85. The van der Waals surface area contributed by atoms with E-state index in [1.165, 1.54) is 5.56 Å². The van der Waals surface area contributed by atoms with E-state index >= 15 is 0 Å². The summed E-state index contributed by atoms with van der Waals surface area (Å²) >= 11 is 0. The summed E-state index contributed by atoms with van der Waals surface area (Å²) in [4.78, 5) is 13.0. The van der Waals surface area contributed by atoms with Crippen LogP contribution in [0.25, 0.3) is 0 Å². The zero-order chi connectivity index (χ0) is 12.4. The number of hydrogen-bond donors (Lipinski definition) is 1. The number of carboxylic acids is 1. The van der Waals surface area contributed by atoms with Crippen LogP contribution in [0.4, 0.5) is 0 Å². The number of aryl methyl sites for hydroxylation is 1. The quantitative estimate of drug-likeness (QED) is 0.857. The predicted octanol–water partition coefficient (Wildman–Crippen LogP) is 1.28. The fraction of sp³-hybridized carbons (Fsp3) is 0.667. The van der Waals surface area contributed by atoms with Crippen molar-refractivity contribution in [1.82, 2.24) is 14.7 Å². The first-order valence-electron chi connectivity index (χ1n) is 6.00. The fourth-order valence-electron chi connectivity index (χ4n) is 2.49. The molecule has 2 heterocycles. The molecule has 17 heavy (non-hydrogen) atoms. The van der Waals surface area contributed by atoms with E-state index in [0.717, 1.165) is 19.5 Å². The maximum absolute atomic E-state index is 10.7. The number of rotatable bonds is 4. The summed E-state index contributed by atoms with van der Waals surface area (Å²) in [7, 11) is 1.91. The van der Waals surface area contributed by atoms with E-state index in [1.807, 2.05) is 19.4 Å². The minimum absolute atomic E-state index is 0.288. The SMILES string of the molecule is CC(c1cnn(C)c1)N1CCC(CC(=O)O)C1. The van der Waals surface area contributed by atoms with Crippen molar-refractivity contribution >= 4 is 5.97 Å². The van der Waals surface area contributed by atoms with Gasteiger partial charge in [-0.1, -0.05) is 0 Å². The second-order valence-electron chi connectivity index (χ2n) is 4.87. The zero-order valence-electron chi connectivity index (χ0n) is 10.3. The number of hydrogen-bond acceptors (Lipinski definition) is 3. The minimum Gasteiger partial charge on any atom is -0.481 e. The Labute approximate surface area is 101 Å². The molecule has 5 nitrogen and oxygen atoms in total. The van der Waals surface area contributed by atoms with Gasteiger partial charge in [0.05, 0.1) is 6.20 Å². The van der Waals surface area contributed by atoms with Gasteiger partial charge in [-0.15, -0.1) is 0 Å². The molecule has 1 saturated heterocycles. The van der Waals surface area contributed by atoms with Crippen molar-refractivity contribution in [3.63, 3.8) is 0 Å². The summed E-state index contributed by atoms with van der Waals surface area (Å²) < 4.78 is 1.80. The van der Waals surface area contributed by atoms with E-state index in [9.17, 15) is 4.79 Å². The Hall–Kier alpha value is -1.36. The number of aliphatic carboxylic acids is 1. The molecule has 1 fully saturated rings. The molecule has 0 radical (unpaired) electrons. The number of aromatic nitrogens is 2. The molecule has 2 rings (SSSR count). The van der Waals surface area contributed by atoms with E-state index < -0.39 is 5.97 Å². The Kier molecular flexibility index (Phi) is 3.47. The van der Waals surface area contributed by atoms with Crippen molar-refractivity contribution in [3.8, 4) is 0 Å². The number of nitrogens with zero attached hydrogens (tertiary/aromatic N) is 3. The summed E-state index contributed by atoms with van der Waals surface area (Å²) in [5.41, 5.74) is 1.20. The molecule has 5 heteroatoms. The van der Waals surface area contributed by atoms with Gasteiger partial charge in [-0.2, -0.15) is 5.10 Å². The normalized spacial score (nSPS) is 22.8. The molecule has 1 aliphatic heterocycles. The monoisotopic (exact) mass is 237 g/mol. The smallest absolute Gasteiger partial charge is 0.303 e. The third-order valence-corrected chi connectivity index (χ3v) is 3.54. The molecule has 1 N–H and O–H groups in total. The van der Waals surface area contributed by atoms with Crippen LogP contribution in [0.5, 0.6) is 0 Å². The molecule has 0 amide bonds. The Balaban J connectivity index is 1.94. The summed E-state index contributed by atoms with van der Waals surface area (Å²) in [5, 5.41) is 13.0. The van der Waals surface area contributed by atoms with Gasteiger partial charge in [-0.25, -0.2) is 0 Å². The van der Waals surface area contributed by atoms with Gasteiger partial charge < -0.3 is 5.11 Å². The molecule has 0 aromatic carbocycles. The first-order valence-corrected chi connectivity index (χ1v) is 6.00. The van der Waals surface area contributed by atoms with Crippen LogP contribution in [0.2, 0.25) is 0 Å². The van der Waals surface area contributed by atoms with Gasteiger partial charge in [0.15, 0.2) is 0 Å². The third kappa shape index (κ3) is 2.85. The first-order chi connectivity index (χ1) is 8.06. The topological polar surface area (TPSA) is 58.4 Å². The highest BCUT2D eigenvalue weighted by atomic mass is 16.4. The van der Waals surface area contributed by atoms with Crippen LogP contribution >= 0.6 is 0 Å². The highest BCUT2D eigenvalue weighted by Crippen LogP contribution is 2.28. The molecule has 1 aromatic rings. The van der Waals surface area contributed by atoms with Gasteiger partial charge in [0.25, 0.3) is 0 Å². The second-order valence-corrected chi connectivity index (χ2v) is 4.87. The third-order valence-electron chi connectivity index (χ3n) is 3.54. The highest BCUT2D eigenvalue weighted by molar-refractivity contribution is 5.67. The largest absolute Gasteiger partial charge is 0.481 e. The summed E-state index contributed by atoms with van der Waals surface area (Å²) in [6.45, 7) is 4.01. The van der Waals surface area contributed by atoms with Crippen molar-refractivity contribution in [3.05, 3.63) is 18.0 Å². The molecule has 2 atom stereocenters. The lowest BCUT2D eigenvalue weighted by atomic mass is 10.1. The molecule has 94 valence electrons. The number of carbonyl (C=O) groups is 1. The summed E-state index contributed by atoms with van der Waals surface area (Å²) in [5.74, 6) is -0.391. The van der Waals surface area contributed by atoms with Crippen molar-refractivity contribution in [2.24, 2.45) is 13.0 Å². The standard InChI is InChI=1S/C12H19N3O2/c1-9(11-6-13-14(2)8-11)15-4-3-10(7-15)5-12(16)17/h6,8-10H,3-5,7H2,1-2H3,(H,16,17). The maximum atomic E-state index is 10.7. The lowest BCUT2D eigenvalue weighted by Gasteiger charge is -2.23. The van der Waals surface area contributed by atoms with E-state index in [1.54, 1.807) is 4.68 Å². The molecule has 0 spiro atoms. The van der Waals surface area contributed by atoms with E-state index in [2.05, 4.69) is 16.9 Å². The second kappa shape index (κ2) is 4.87. The Morgan fingerprint density at radius 3 is 3.06 bits per heavy atom. The molecular formula is C12H19N3O2. The van der Waals surface area contributed by atoms with Crippen LogP contribution < -0.4 is 0 Å². The number of likely N-dealkylation sites (tertiary alicyclic amines) is 1. The molecule has 1 aromatic heterocycles. The van der Waals surface area contributed by atoms with Gasteiger partial charge in [0.2, 0.25) is 0 Å². The van der Waals surface area contributed by atoms with Gasteiger partial charge >= 0.3 is 5.97 Å². The molecule has 2 unspecified atom stereocenters. The lowest BCUT2D eigenvalue weighted by molar-refractivity contribution is -0.138. The van der Waals surface area contributed by atoms with Crippen LogP contribution in [-0.2, 0) is 11.8 Å². The van der Waals surface area contributed by atoms with Crippen LogP contribution in [0.15, 0.2) is 12.4 Å². The van der Waals surface area contributed by atoms with Crippen molar-refractivity contribution in [2.45, 2.75) is 25.8 Å². The first kappa shape index (κ1) is 12.1. The molecule has 0 saturated carbocycles. The molecular weight excluding hydrogens is 218 g/mol. The molecule has 0 aliphatic carbocycles. The predicted molar refractivity (Wildman–Crippen MR) is 63.6 cm³/mol. The van der Waals surface area contributed by atoms with Crippen LogP contribution in [0, 0.1) is 5.92 Å². The van der Waals surface area contributed by atoms with Gasteiger partial charge in [0.1, 0.15) is 0 Å². The van der Waals surface area contributed by atoms with Crippen LogP contribution in [-0.4, -0.2) is 38.8 Å². The van der Waals surface area contributed by atoms with Crippen LogP contribution in [0.1, 0.15) is 31.4 Å². The highest BCUT2D eigenvalue weighted by Gasteiger charge is 2.28. The maximum Gasteiger partial charge on any atom is 0.303 e. The lowest BCUT2D eigenvalue weighted by Crippen LogP contribution is -2.24. The van der Waals surface area contributed by atoms with Crippen molar-refractivity contribution in [1.29, 1.82) is 0 Å². The Bertz CT molecular complexity index is 402. The Morgan fingerprint density at radius 2 is 2.47 bits per heavy atom. The molecule has 0 bridgehead atoms. The van der Waals surface area contributed by atoms with Gasteiger partial charge in [-0.3, -0.25) is 14.4 Å². The summed E-state index contributed by atoms with van der Waals surface area (Å²) in [6.07, 6.45) is 5.18. The number of carboxylic acid groups (broad SMARTS) is 1. The average molecular weight is 237 g/mol. The Morgan fingerprint density at radius 1 is 1.71 bits per heavy atom. The van der Waals surface area contributed by atoms with Crippen molar-refractivity contribution in [2.75, 3.05) is 13.1 Å². The van der Waals surface area contributed by atoms with Crippen molar-refractivity contribution < 1.29 is 9.90 Å².